The first-order valence-electron chi connectivity index (χ1n) is 5.28. The van der Waals surface area contributed by atoms with Crippen LogP contribution in [0.25, 0.3) is 0 Å². The van der Waals surface area contributed by atoms with Crippen molar-refractivity contribution in [2.75, 3.05) is 0 Å². The summed E-state index contributed by atoms with van der Waals surface area (Å²) in [5.41, 5.74) is 7.31. The third-order valence-electron chi connectivity index (χ3n) is 2.24. The van der Waals surface area contributed by atoms with Gasteiger partial charge < -0.3 is 10.5 Å². The number of aryl methyl sites for hydroxylation is 1. The molecule has 3 nitrogen and oxygen atoms in total. The van der Waals surface area contributed by atoms with Crippen molar-refractivity contribution in [1.29, 1.82) is 0 Å². The van der Waals surface area contributed by atoms with E-state index in [1.54, 1.807) is 18.2 Å². The number of nitrogens with two attached hydrogens (primary N) is 1. The Hall–Kier alpha value is -1.94. The minimum atomic E-state index is -0.339. The summed E-state index contributed by atoms with van der Waals surface area (Å²) < 4.78 is 18.5. The van der Waals surface area contributed by atoms with Gasteiger partial charge in [0.2, 0.25) is 5.88 Å². The van der Waals surface area contributed by atoms with Crippen LogP contribution in [0.1, 0.15) is 11.3 Å². The SMILES string of the molecule is Cc1cc(CN)cc(Oc2cccc(F)c2)n1. The fourth-order valence-electron chi connectivity index (χ4n) is 1.53. The smallest absolute Gasteiger partial charge is 0.219 e. The molecule has 0 saturated carbocycles. The van der Waals surface area contributed by atoms with Crippen LogP contribution < -0.4 is 10.5 Å². The molecule has 0 bridgehead atoms. The average molecular weight is 232 g/mol. The second-order valence-electron chi connectivity index (χ2n) is 3.72. The van der Waals surface area contributed by atoms with Crippen molar-refractivity contribution in [2.45, 2.75) is 13.5 Å². The summed E-state index contributed by atoms with van der Waals surface area (Å²) in [6.45, 7) is 2.28. The van der Waals surface area contributed by atoms with E-state index in [0.29, 0.717) is 18.2 Å². The maximum Gasteiger partial charge on any atom is 0.219 e. The van der Waals surface area contributed by atoms with E-state index in [2.05, 4.69) is 4.98 Å². The molecular weight excluding hydrogens is 219 g/mol. The van der Waals surface area contributed by atoms with Crippen molar-refractivity contribution in [3.63, 3.8) is 0 Å². The zero-order chi connectivity index (χ0) is 12.3. The maximum absolute atomic E-state index is 13.0. The minimum absolute atomic E-state index is 0.339. The molecule has 0 atom stereocenters. The molecule has 0 aliphatic rings. The summed E-state index contributed by atoms with van der Waals surface area (Å²) in [6.07, 6.45) is 0. The van der Waals surface area contributed by atoms with Gasteiger partial charge in [-0.3, -0.25) is 0 Å². The molecule has 0 aliphatic carbocycles. The van der Waals surface area contributed by atoms with Crippen molar-refractivity contribution in [3.05, 3.63) is 53.5 Å². The standard InChI is InChI=1S/C13H13FN2O/c1-9-5-10(8-15)6-13(16-9)17-12-4-2-3-11(14)7-12/h2-7H,8,15H2,1H3. The molecule has 0 amide bonds. The Morgan fingerprint density at radius 1 is 1.29 bits per heavy atom. The molecule has 1 heterocycles. The van der Waals surface area contributed by atoms with Crippen LogP contribution in [0, 0.1) is 12.7 Å². The fraction of sp³-hybridized carbons (Fsp3) is 0.154. The zero-order valence-electron chi connectivity index (χ0n) is 9.48. The summed E-state index contributed by atoms with van der Waals surface area (Å²) in [4.78, 5) is 4.21. The van der Waals surface area contributed by atoms with Gasteiger partial charge in [0.1, 0.15) is 11.6 Å². The van der Waals surface area contributed by atoms with Gasteiger partial charge >= 0.3 is 0 Å². The van der Waals surface area contributed by atoms with Gasteiger partial charge in [0.05, 0.1) is 0 Å². The number of ether oxygens (including phenoxy) is 1. The molecular formula is C13H13FN2O. The maximum atomic E-state index is 13.0. The van der Waals surface area contributed by atoms with Crippen LogP contribution in [0.3, 0.4) is 0 Å². The van der Waals surface area contributed by atoms with E-state index in [9.17, 15) is 4.39 Å². The molecule has 1 aromatic heterocycles. The third-order valence-corrected chi connectivity index (χ3v) is 2.24. The first-order chi connectivity index (χ1) is 8.17. The van der Waals surface area contributed by atoms with E-state index < -0.39 is 0 Å². The highest BCUT2D eigenvalue weighted by atomic mass is 19.1. The molecule has 0 spiro atoms. The first kappa shape index (κ1) is 11.5. The zero-order valence-corrected chi connectivity index (χ0v) is 9.48. The van der Waals surface area contributed by atoms with Gasteiger partial charge in [-0.1, -0.05) is 6.07 Å². The lowest BCUT2D eigenvalue weighted by atomic mass is 10.2. The number of rotatable bonds is 3. The molecule has 2 N–H and O–H groups in total. The second kappa shape index (κ2) is 4.93. The molecule has 2 rings (SSSR count). The summed E-state index contributed by atoms with van der Waals surface area (Å²) in [5, 5.41) is 0. The van der Waals surface area contributed by atoms with Crippen molar-refractivity contribution >= 4 is 0 Å². The van der Waals surface area contributed by atoms with E-state index in [4.69, 9.17) is 10.5 Å². The van der Waals surface area contributed by atoms with Crippen LogP contribution >= 0.6 is 0 Å². The predicted molar refractivity (Wildman–Crippen MR) is 63.3 cm³/mol. The lowest BCUT2D eigenvalue weighted by Gasteiger charge is -2.07. The van der Waals surface area contributed by atoms with Crippen molar-refractivity contribution in [3.8, 4) is 11.6 Å². The number of halogens is 1. The lowest BCUT2D eigenvalue weighted by Crippen LogP contribution is -1.99. The van der Waals surface area contributed by atoms with Gasteiger partial charge in [-0.25, -0.2) is 9.37 Å². The van der Waals surface area contributed by atoms with E-state index in [0.717, 1.165) is 11.3 Å². The summed E-state index contributed by atoms with van der Waals surface area (Å²) in [6, 6.07) is 9.57. The van der Waals surface area contributed by atoms with Gasteiger partial charge in [-0.2, -0.15) is 0 Å². The summed E-state index contributed by atoms with van der Waals surface area (Å²) >= 11 is 0. The normalized spacial score (nSPS) is 10.3. The summed E-state index contributed by atoms with van der Waals surface area (Å²) in [7, 11) is 0. The van der Waals surface area contributed by atoms with E-state index in [-0.39, 0.29) is 5.82 Å². The van der Waals surface area contributed by atoms with Gasteiger partial charge in [-0.15, -0.1) is 0 Å². The number of aromatic nitrogens is 1. The van der Waals surface area contributed by atoms with Gasteiger partial charge in [0.25, 0.3) is 0 Å². The highest BCUT2D eigenvalue weighted by Crippen LogP contribution is 2.21. The second-order valence-corrected chi connectivity index (χ2v) is 3.72. The Morgan fingerprint density at radius 3 is 2.82 bits per heavy atom. The Morgan fingerprint density at radius 2 is 2.12 bits per heavy atom. The number of nitrogens with zero attached hydrogens (tertiary/aromatic N) is 1. The van der Waals surface area contributed by atoms with E-state index >= 15 is 0 Å². The molecule has 0 unspecified atom stereocenters. The van der Waals surface area contributed by atoms with Crippen LogP contribution in [0.2, 0.25) is 0 Å². The van der Waals surface area contributed by atoms with Crippen LogP contribution in [0.5, 0.6) is 11.6 Å². The first-order valence-corrected chi connectivity index (χ1v) is 5.28. The molecule has 0 saturated heterocycles. The molecule has 17 heavy (non-hydrogen) atoms. The highest BCUT2D eigenvalue weighted by molar-refractivity contribution is 5.30. The van der Waals surface area contributed by atoms with Crippen molar-refractivity contribution in [1.82, 2.24) is 4.98 Å². The van der Waals surface area contributed by atoms with Crippen LogP contribution in [0.4, 0.5) is 4.39 Å². The van der Waals surface area contributed by atoms with Gasteiger partial charge in [-0.05, 0) is 30.7 Å². The van der Waals surface area contributed by atoms with E-state index in [1.807, 2.05) is 13.0 Å². The van der Waals surface area contributed by atoms with Crippen molar-refractivity contribution < 1.29 is 9.13 Å². The Balaban J connectivity index is 2.26. The fourth-order valence-corrected chi connectivity index (χ4v) is 1.53. The Kier molecular flexibility index (Phi) is 3.35. The van der Waals surface area contributed by atoms with Crippen molar-refractivity contribution in [2.24, 2.45) is 5.73 Å². The largest absolute Gasteiger partial charge is 0.439 e. The summed E-state index contributed by atoms with van der Waals surface area (Å²) in [5.74, 6) is 0.510. The average Bonchev–Trinajstić information content (AvgIpc) is 2.28. The Labute approximate surface area is 99.1 Å². The third kappa shape index (κ3) is 3.01. The molecule has 0 aliphatic heterocycles. The number of hydrogen-bond donors (Lipinski definition) is 1. The number of benzene rings is 1. The highest BCUT2D eigenvalue weighted by Gasteiger charge is 2.03. The quantitative estimate of drug-likeness (QED) is 0.885. The van der Waals surface area contributed by atoms with Gasteiger partial charge in [0, 0.05) is 24.4 Å². The lowest BCUT2D eigenvalue weighted by molar-refractivity contribution is 0.456. The Bertz CT molecular complexity index is 529. The molecule has 1 aromatic carbocycles. The van der Waals surface area contributed by atoms with Crippen LogP contribution in [-0.4, -0.2) is 4.98 Å². The molecule has 4 heteroatoms. The van der Waals surface area contributed by atoms with Gasteiger partial charge in [0.15, 0.2) is 0 Å². The van der Waals surface area contributed by atoms with E-state index in [1.165, 1.54) is 12.1 Å². The molecule has 2 aromatic rings. The number of hydrogen-bond acceptors (Lipinski definition) is 3. The minimum Gasteiger partial charge on any atom is -0.439 e. The molecule has 0 fully saturated rings. The molecule has 0 radical (unpaired) electrons. The predicted octanol–water partition coefficient (Wildman–Crippen LogP) is 2.78. The molecule has 88 valence electrons. The van der Waals surface area contributed by atoms with Crippen LogP contribution in [0.15, 0.2) is 36.4 Å². The monoisotopic (exact) mass is 232 g/mol. The van der Waals surface area contributed by atoms with Crippen LogP contribution in [-0.2, 0) is 6.54 Å². The topological polar surface area (TPSA) is 48.1 Å². The number of pyridine rings is 1.